The zero-order chi connectivity index (χ0) is 23.1. The first-order chi connectivity index (χ1) is 15.4. The normalized spacial score (nSPS) is 21.0. The molecule has 0 saturated carbocycles. The maximum Gasteiger partial charge on any atom is 0.257 e. The van der Waals surface area contributed by atoms with Crippen molar-refractivity contribution in [1.29, 1.82) is 0 Å². The third-order valence-electron chi connectivity index (χ3n) is 6.92. The number of hydrogen-bond donors (Lipinski definition) is 1. The fourth-order valence-corrected chi connectivity index (χ4v) is 5.89. The van der Waals surface area contributed by atoms with Crippen LogP contribution in [0.1, 0.15) is 69.2 Å². The van der Waals surface area contributed by atoms with Crippen LogP contribution in [0.5, 0.6) is 5.75 Å². The largest absolute Gasteiger partial charge is 0.496 e. The van der Waals surface area contributed by atoms with E-state index in [1.54, 1.807) is 11.0 Å². The lowest BCUT2D eigenvalue weighted by Gasteiger charge is -2.35. The average Bonchev–Trinajstić information content (AvgIpc) is 2.81. The standard InChI is InChI=1S/C24H39N3O4S/c1-4-20-8-5-6-14-26(20)15-7-13-25-32(29,30)21-9-10-23(31-3)22(18-21)24(28)27-16-11-19(2)12-17-27/h9-10,18-20,25H,4-8,11-17H2,1-3H3/t20-/m0/s1. The Balaban J connectivity index is 1.63. The van der Waals surface area contributed by atoms with Crippen LogP contribution in [0.15, 0.2) is 23.1 Å². The molecule has 1 aromatic rings. The summed E-state index contributed by atoms with van der Waals surface area (Å²) in [4.78, 5) is 17.5. The molecule has 0 unspecified atom stereocenters. The predicted octanol–water partition coefficient (Wildman–Crippen LogP) is 3.50. The van der Waals surface area contributed by atoms with Gasteiger partial charge in [-0.1, -0.05) is 20.3 Å². The molecule has 8 heteroatoms. The Morgan fingerprint density at radius 1 is 1.16 bits per heavy atom. The Bertz CT molecular complexity index is 866. The second-order valence-electron chi connectivity index (χ2n) is 9.18. The van der Waals surface area contributed by atoms with Gasteiger partial charge < -0.3 is 14.5 Å². The Morgan fingerprint density at radius 2 is 1.91 bits per heavy atom. The van der Waals surface area contributed by atoms with Crippen molar-refractivity contribution < 1.29 is 17.9 Å². The second-order valence-corrected chi connectivity index (χ2v) is 10.9. The first kappa shape index (κ1) is 25.0. The number of methoxy groups -OCH3 is 1. The molecule has 1 N–H and O–H groups in total. The maximum atomic E-state index is 13.1. The molecular formula is C24H39N3O4S. The smallest absolute Gasteiger partial charge is 0.257 e. The average molecular weight is 466 g/mol. The minimum atomic E-state index is -3.70. The van der Waals surface area contributed by atoms with Crippen LogP contribution in [-0.2, 0) is 10.0 Å². The van der Waals surface area contributed by atoms with E-state index in [1.807, 2.05) is 0 Å². The molecular weight excluding hydrogens is 426 g/mol. The highest BCUT2D eigenvalue weighted by Gasteiger charge is 2.26. The second kappa shape index (κ2) is 11.5. The lowest BCUT2D eigenvalue weighted by Crippen LogP contribution is -2.40. The monoisotopic (exact) mass is 465 g/mol. The lowest BCUT2D eigenvalue weighted by atomic mass is 9.98. The number of rotatable bonds is 9. The predicted molar refractivity (Wildman–Crippen MR) is 127 cm³/mol. The number of amides is 1. The highest BCUT2D eigenvalue weighted by Crippen LogP contribution is 2.26. The van der Waals surface area contributed by atoms with Crippen molar-refractivity contribution in [1.82, 2.24) is 14.5 Å². The van der Waals surface area contributed by atoms with Gasteiger partial charge in [-0.3, -0.25) is 4.79 Å². The molecule has 0 aliphatic carbocycles. The van der Waals surface area contributed by atoms with Crippen molar-refractivity contribution in [3.8, 4) is 5.75 Å². The quantitative estimate of drug-likeness (QED) is 0.565. The van der Waals surface area contributed by atoms with Crippen LogP contribution in [0.4, 0.5) is 0 Å². The third-order valence-corrected chi connectivity index (χ3v) is 8.38. The number of hydrogen-bond acceptors (Lipinski definition) is 5. The highest BCUT2D eigenvalue weighted by atomic mass is 32.2. The Morgan fingerprint density at radius 3 is 2.59 bits per heavy atom. The summed E-state index contributed by atoms with van der Waals surface area (Å²) in [6.07, 6.45) is 7.58. The molecule has 2 aliphatic heterocycles. The van der Waals surface area contributed by atoms with Gasteiger partial charge in [0.15, 0.2) is 0 Å². The number of piperidine rings is 2. The third kappa shape index (κ3) is 6.23. The van der Waals surface area contributed by atoms with Gasteiger partial charge >= 0.3 is 0 Å². The van der Waals surface area contributed by atoms with E-state index in [0.717, 1.165) is 38.8 Å². The molecule has 2 aliphatic rings. The fourth-order valence-electron chi connectivity index (χ4n) is 4.79. The zero-order valence-corrected chi connectivity index (χ0v) is 20.6. The van der Waals surface area contributed by atoms with Gasteiger partial charge in [0.1, 0.15) is 5.75 Å². The first-order valence-electron chi connectivity index (χ1n) is 12.1. The molecule has 32 heavy (non-hydrogen) atoms. The van der Waals surface area contributed by atoms with E-state index in [2.05, 4.69) is 23.5 Å². The lowest BCUT2D eigenvalue weighted by molar-refractivity contribution is 0.0693. The molecule has 180 valence electrons. The van der Waals surface area contributed by atoms with E-state index in [-0.39, 0.29) is 10.8 Å². The summed E-state index contributed by atoms with van der Waals surface area (Å²) < 4.78 is 33.9. The molecule has 0 radical (unpaired) electrons. The van der Waals surface area contributed by atoms with Crippen molar-refractivity contribution in [3.05, 3.63) is 23.8 Å². The summed E-state index contributed by atoms with van der Waals surface area (Å²) in [5.41, 5.74) is 0.309. The summed E-state index contributed by atoms with van der Waals surface area (Å²) >= 11 is 0. The van der Waals surface area contributed by atoms with Crippen molar-refractivity contribution >= 4 is 15.9 Å². The van der Waals surface area contributed by atoms with Crippen LogP contribution in [0.2, 0.25) is 0 Å². The number of sulfonamides is 1. The molecule has 2 heterocycles. The molecule has 0 bridgehead atoms. The number of benzene rings is 1. The SMILES string of the molecule is CC[C@H]1CCCCN1CCCNS(=O)(=O)c1ccc(OC)c(C(=O)N2CCC(C)CC2)c1. The fraction of sp³-hybridized carbons (Fsp3) is 0.708. The van der Waals surface area contributed by atoms with Gasteiger partial charge in [0, 0.05) is 25.7 Å². The number of carbonyl (C=O) groups is 1. The first-order valence-corrected chi connectivity index (χ1v) is 13.5. The molecule has 2 fully saturated rings. The molecule has 1 atom stereocenters. The van der Waals surface area contributed by atoms with Crippen LogP contribution in [-0.4, -0.2) is 70.0 Å². The molecule has 2 saturated heterocycles. The van der Waals surface area contributed by atoms with Gasteiger partial charge in [0.05, 0.1) is 17.6 Å². The van der Waals surface area contributed by atoms with E-state index in [0.29, 0.717) is 42.9 Å². The van der Waals surface area contributed by atoms with Crippen molar-refractivity contribution in [3.63, 3.8) is 0 Å². The summed E-state index contributed by atoms with van der Waals surface area (Å²) in [5, 5.41) is 0. The molecule has 0 spiro atoms. The number of carbonyl (C=O) groups excluding carboxylic acids is 1. The van der Waals surface area contributed by atoms with E-state index in [1.165, 1.54) is 38.5 Å². The molecule has 1 amide bonds. The van der Waals surface area contributed by atoms with E-state index >= 15 is 0 Å². The van der Waals surface area contributed by atoms with E-state index < -0.39 is 10.0 Å². The van der Waals surface area contributed by atoms with Crippen LogP contribution in [0, 0.1) is 5.92 Å². The van der Waals surface area contributed by atoms with Crippen LogP contribution < -0.4 is 9.46 Å². The molecule has 7 nitrogen and oxygen atoms in total. The Hall–Kier alpha value is -1.64. The maximum absolute atomic E-state index is 13.1. The summed E-state index contributed by atoms with van der Waals surface area (Å²) in [5.74, 6) is 0.846. The number of nitrogens with zero attached hydrogens (tertiary/aromatic N) is 2. The Labute approximate surface area is 193 Å². The van der Waals surface area contributed by atoms with Gasteiger partial charge in [-0.15, -0.1) is 0 Å². The summed E-state index contributed by atoms with van der Waals surface area (Å²) in [6, 6.07) is 5.16. The minimum absolute atomic E-state index is 0.108. The van der Waals surface area contributed by atoms with Crippen LogP contribution in [0.3, 0.4) is 0 Å². The van der Waals surface area contributed by atoms with Gasteiger partial charge in [0.2, 0.25) is 10.0 Å². The van der Waals surface area contributed by atoms with E-state index in [4.69, 9.17) is 4.74 Å². The van der Waals surface area contributed by atoms with Crippen molar-refractivity contribution in [2.45, 2.75) is 69.7 Å². The summed E-state index contributed by atoms with van der Waals surface area (Å²) in [7, 11) is -2.20. The van der Waals surface area contributed by atoms with Crippen molar-refractivity contribution in [2.24, 2.45) is 5.92 Å². The number of nitrogens with one attached hydrogen (secondary N) is 1. The number of ether oxygens (including phenoxy) is 1. The molecule has 0 aromatic heterocycles. The Kier molecular flexibility index (Phi) is 8.96. The van der Waals surface area contributed by atoms with Crippen LogP contribution >= 0.6 is 0 Å². The highest BCUT2D eigenvalue weighted by molar-refractivity contribution is 7.89. The molecule has 3 rings (SSSR count). The van der Waals surface area contributed by atoms with Gasteiger partial charge in [-0.05, 0) is 75.7 Å². The zero-order valence-electron chi connectivity index (χ0n) is 19.8. The molecule has 1 aromatic carbocycles. The van der Waals surface area contributed by atoms with E-state index in [9.17, 15) is 13.2 Å². The van der Waals surface area contributed by atoms with Gasteiger partial charge in [-0.25, -0.2) is 13.1 Å². The van der Waals surface area contributed by atoms with Crippen molar-refractivity contribution in [2.75, 3.05) is 39.8 Å². The van der Waals surface area contributed by atoms with Gasteiger partial charge in [0.25, 0.3) is 5.91 Å². The number of likely N-dealkylation sites (tertiary alicyclic amines) is 2. The van der Waals surface area contributed by atoms with Crippen LogP contribution in [0.25, 0.3) is 0 Å². The summed E-state index contributed by atoms with van der Waals surface area (Å²) in [6.45, 7) is 8.18. The minimum Gasteiger partial charge on any atom is -0.496 e. The van der Waals surface area contributed by atoms with Gasteiger partial charge in [-0.2, -0.15) is 0 Å². The topological polar surface area (TPSA) is 79.0 Å².